The van der Waals surface area contributed by atoms with Crippen molar-refractivity contribution in [3.63, 3.8) is 0 Å². The van der Waals surface area contributed by atoms with E-state index >= 15 is 0 Å². The van der Waals surface area contributed by atoms with Crippen molar-refractivity contribution >= 4 is 27.7 Å². The second-order valence-corrected chi connectivity index (χ2v) is 5.01. The molecule has 0 amide bonds. The van der Waals surface area contributed by atoms with Crippen molar-refractivity contribution in [1.82, 2.24) is 0 Å². The van der Waals surface area contributed by atoms with E-state index in [0.717, 1.165) is 10.6 Å². The standard InChI is InChI=1S/C10H10BrFO2S/c11-8-5-7(1-2-9(8)12)15-6-10-13-3-4-14-10/h1-2,5,10H,3-4,6H2. The molecular weight excluding hydrogens is 283 g/mol. The Morgan fingerprint density at radius 2 is 2.13 bits per heavy atom. The van der Waals surface area contributed by atoms with Gasteiger partial charge in [0.25, 0.3) is 0 Å². The predicted octanol–water partition coefficient (Wildman–Crippen LogP) is 3.05. The molecule has 0 aromatic heterocycles. The molecule has 1 aromatic carbocycles. The summed E-state index contributed by atoms with van der Waals surface area (Å²) in [5.74, 6) is 0.491. The number of rotatable bonds is 3. The van der Waals surface area contributed by atoms with Crippen LogP contribution in [-0.4, -0.2) is 25.3 Å². The highest BCUT2D eigenvalue weighted by atomic mass is 79.9. The minimum Gasteiger partial charge on any atom is -0.349 e. The Hall–Kier alpha value is -0.100. The molecule has 1 heterocycles. The van der Waals surface area contributed by atoms with Gasteiger partial charge in [0.2, 0.25) is 0 Å². The lowest BCUT2D eigenvalue weighted by molar-refractivity contribution is -0.0214. The summed E-state index contributed by atoms with van der Waals surface area (Å²) in [6.07, 6.45) is -0.126. The molecule has 1 fully saturated rings. The van der Waals surface area contributed by atoms with Crippen LogP contribution in [0.4, 0.5) is 4.39 Å². The number of halogens is 2. The van der Waals surface area contributed by atoms with Gasteiger partial charge in [-0.3, -0.25) is 0 Å². The van der Waals surface area contributed by atoms with Gasteiger partial charge in [-0.05, 0) is 34.1 Å². The van der Waals surface area contributed by atoms with Crippen molar-refractivity contribution in [3.05, 3.63) is 28.5 Å². The van der Waals surface area contributed by atoms with Crippen LogP contribution in [0, 0.1) is 5.82 Å². The van der Waals surface area contributed by atoms with Crippen molar-refractivity contribution in [2.75, 3.05) is 19.0 Å². The van der Waals surface area contributed by atoms with E-state index in [1.54, 1.807) is 23.9 Å². The highest BCUT2D eigenvalue weighted by Gasteiger charge is 2.15. The molecule has 0 N–H and O–H groups in total. The fourth-order valence-corrected chi connectivity index (χ4v) is 2.65. The van der Waals surface area contributed by atoms with Gasteiger partial charge >= 0.3 is 0 Å². The molecule has 1 aliphatic rings. The predicted molar refractivity (Wildman–Crippen MR) is 60.5 cm³/mol. The van der Waals surface area contributed by atoms with Crippen LogP contribution in [-0.2, 0) is 9.47 Å². The summed E-state index contributed by atoms with van der Waals surface area (Å²) in [5, 5.41) is 0. The largest absolute Gasteiger partial charge is 0.349 e. The summed E-state index contributed by atoms with van der Waals surface area (Å²) in [7, 11) is 0. The first-order chi connectivity index (χ1) is 7.25. The molecule has 0 radical (unpaired) electrons. The topological polar surface area (TPSA) is 18.5 Å². The average molecular weight is 293 g/mol. The van der Waals surface area contributed by atoms with Gasteiger partial charge in [-0.25, -0.2) is 4.39 Å². The molecule has 0 bridgehead atoms. The van der Waals surface area contributed by atoms with E-state index in [9.17, 15) is 4.39 Å². The van der Waals surface area contributed by atoms with Crippen LogP contribution in [0.2, 0.25) is 0 Å². The summed E-state index contributed by atoms with van der Waals surface area (Å²) in [6.45, 7) is 1.33. The third-order valence-corrected chi connectivity index (χ3v) is 3.60. The Morgan fingerprint density at radius 1 is 1.40 bits per heavy atom. The molecule has 2 rings (SSSR count). The van der Waals surface area contributed by atoms with Crippen LogP contribution in [0.3, 0.4) is 0 Å². The zero-order valence-electron chi connectivity index (χ0n) is 7.91. The molecule has 2 nitrogen and oxygen atoms in total. The van der Waals surface area contributed by atoms with Gasteiger partial charge in [-0.15, -0.1) is 11.8 Å². The highest BCUT2D eigenvalue weighted by Crippen LogP contribution is 2.26. The Kier molecular flexibility index (Phi) is 4.02. The first-order valence-corrected chi connectivity index (χ1v) is 6.34. The number of hydrogen-bond acceptors (Lipinski definition) is 3. The van der Waals surface area contributed by atoms with Crippen molar-refractivity contribution < 1.29 is 13.9 Å². The molecule has 82 valence electrons. The third-order valence-electron chi connectivity index (χ3n) is 1.97. The van der Waals surface area contributed by atoms with Gasteiger partial charge in [-0.1, -0.05) is 0 Å². The Bertz CT molecular complexity index is 342. The molecule has 1 aromatic rings. The Labute approximate surface area is 100 Å². The van der Waals surface area contributed by atoms with E-state index in [1.165, 1.54) is 6.07 Å². The number of thioether (sulfide) groups is 1. The summed E-state index contributed by atoms with van der Waals surface area (Å²) < 4.78 is 24.0. The zero-order chi connectivity index (χ0) is 10.7. The monoisotopic (exact) mass is 292 g/mol. The summed E-state index contributed by atoms with van der Waals surface area (Å²) >= 11 is 4.74. The minimum atomic E-state index is -0.243. The van der Waals surface area contributed by atoms with Gasteiger partial charge in [0, 0.05) is 10.6 Å². The second-order valence-electron chi connectivity index (χ2n) is 3.06. The Morgan fingerprint density at radius 3 is 2.80 bits per heavy atom. The molecule has 5 heteroatoms. The van der Waals surface area contributed by atoms with Crippen molar-refractivity contribution in [1.29, 1.82) is 0 Å². The molecule has 0 aliphatic carbocycles. The Balaban J connectivity index is 1.90. The van der Waals surface area contributed by atoms with Crippen LogP contribution < -0.4 is 0 Å². The smallest absolute Gasteiger partial charge is 0.167 e. The van der Waals surface area contributed by atoms with Crippen LogP contribution in [0.25, 0.3) is 0 Å². The van der Waals surface area contributed by atoms with Crippen molar-refractivity contribution in [3.8, 4) is 0 Å². The van der Waals surface area contributed by atoms with E-state index in [1.807, 2.05) is 0 Å². The molecule has 0 spiro atoms. The normalized spacial score (nSPS) is 17.2. The molecule has 1 saturated heterocycles. The summed E-state index contributed by atoms with van der Waals surface area (Å²) in [5.41, 5.74) is 0. The zero-order valence-corrected chi connectivity index (χ0v) is 10.3. The molecule has 0 unspecified atom stereocenters. The summed E-state index contributed by atoms with van der Waals surface area (Å²) in [6, 6.07) is 4.96. The lowest BCUT2D eigenvalue weighted by atomic mass is 10.3. The fraction of sp³-hybridized carbons (Fsp3) is 0.400. The molecular formula is C10H10BrFO2S. The van der Waals surface area contributed by atoms with E-state index in [0.29, 0.717) is 17.7 Å². The maximum absolute atomic E-state index is 12.9. The van der Waals surface area contributed by atoms with Crippen LogP contribution in [0.15, 0.2) is 27.6 Å². The van der Waals surface area contributed by atoms with Gasteiger partial charge in [0.15, 0.2) is 6.29 Å². The lowest BCUT2D eigenvalue weighted by Crippen LogP contribution is -2.10. The van der Waals surface area contributed by atoms with E-state index < -0.39 is 0 Å². The fourth-order valence-electron chi connectivity index (χ4n) is 1.23. The molecule has 0 saturated carbocycles. The third kappa shape index (κ3) is 3.17. The number of hydrogen-bond donors (Lipinski definition) is 0. The van der Waals surface area contributed by atoms with Gasteiger partial charge < -0.3 is 9.47 Å². The van der Waals surface area contributed by atoms with Gasteiger partial charge in [0.05, 0.1) is 17.7 Å². The minimum absolute atomic E-state index is 0.126. The SMILES string of the molecule is Fc1ccc(SCC2OCCO2)cc1Br. The van der Waals surface area contributed by atoms with Gasteiger partial charge in [-0.2, -0.15) is 0 Å². The van der Waals surface area contributed by atoms with Gasteiger partial charge in [0.1, 0.15) is 5.82 Å². The molecule has 1 aliphatic heterocycles. The maximum Gasteiger partial charge on any atom is 0.167 e. The quantitative estimate of drug-likeness (QED) is 0.798. The second kappa shape index (κ2) is 5.30. The lowest BCUT2D eigenvalue weighted by Gasteiger charge is -2.08. The number of benzene rings is 1. The van der Waals surface area contributed by atoms with Crippen molar-refractivity contribution in [2.24, 2.45) is 0 Å². The first kappa shape index (κ1) is 11.4. The van der Waals surface area contributed by atoms with Crippen molar-refractivity contribution in [2.45, 2.75) is 11.2 Å². The van der Waals surface area contributed by atoms with E-state index in [2.05, 4.69) is 15.9 Å². The van der Waals surface area contributed by atoms with E-state index in [4.69, 9.17) is 9.47 Å². The summed E-state index contributed by atoms with van der Waals surface area (Å²) in [4.78, 5) is 1.00. The average Bonchev–Trinajstić information content (AvgIpc) is 2.73. The molecule has 15 heavy (non-hydrogen) atoms. The first-order valence-electron chi connectivity index (χ1n) is 4.57. The van der Waals surface area contributed by atoms with Crippen LogP contribution >= 0.6 is 27.7 Å². The van der Waals surface area contributed by atoms with Crippen LogP contribution in [0.5, 0.6) is 0 Å². The number of ether oxygens (including phenoxy) is 2. The van der Waals surface area contributed by atoms with Crippen LogP contribution in [0.1, 0.15) is 0 Å². The maximum atomic E-state index is 12.9. The highest BCUT2D eigenvalue weighted by molar-refractivity contribution is 9.10. The van der Waals surface area contributed by atoms with E-state index in [-0.39, 0.29) is 12.1 Å². The molecule has 0 atom stereocenters.